The Morgan fingerprint density at radius 1 is 0.889 bits per heavy atom. The number of halogens is 1. The molecule has 3 amide bonds. The molecule has 136 valence electrons. The number of nitrogens with one attached hydrogen (secondary N) is 2. The van der Waals surface area contributed by atoms with E-state index in [1.54, 1.807) is 29.6 Å². The second kappa shape index (κ2) is 7.79. The lowest BCUT2D eigenvalue weighted by molar-refractivity contribution is 0.0993. The van der Waals surface area contributed by atoms with Gasteiger partial charge in [-0.05, 0) is 53.9 Å². The molecule has 0 saturated carbocycles. The number of carbonyl (C=O) groups is 3. The van der Waals surface area contributed by atoms with Crippen molar-refractivity contribution in [3.63, 3.8) is 0 Å². The van der Waals surface area contributed by atoms with E-state index in [1.165, 1.54) is 35.6 Å². The van der Waals surface area contributed by atoms with Gasteiger partial charge in [0, 0.05) is 16.9 Å². The van der Waals surface area contributed by atoms with Gasteiger partial charge in [-0.1, -0.05) is 6.07 Å². The van der Waals surface area contributed by atoms with Gasteiger partial charge < -0.3 is 16.4 Å². The van der Waals surface area contributed by atoms with E-state index < -0.39 is 17.6 Å². The van der Waals surface area contributed by atoms with Crippen molar-refractivity contribution >= 4 is 40.4 Å². The van der Waals surface area contributed by atoms with E-state index in [2.05, 4.69) is 10.6 Å². The molecule has 27 heavy (non-hydrogen) atoms. The number of rotatable bonds is 5. The van der Waals surface area contributed by atoms with E-state index in [9.17, 15) is 18.8 Å². The molecule has 2 aromatic carbocycles. The largest absolute Gasteiger partial charge is 0.366 e. The minimum absolute atomic E-state index is 0.192. The van der Waals surface area contributed by atoms with E-state index >= 15 is 0 Å². The van der Waals surface area contributed by atoms with Crippen molar-refractivity contribution in [2.45, 2.75) is 0 Å². The molecule has 0 spiro atoms. The van der Waals surface area contributed by atoms with Gasteiger partial charge >= 0.3 is 0 Å². The summed E-state index contributed by atoms with van der Waals surface area (Å²) in [6.07, 6.45) is 0. The first kappa shape index (κ1) is 18.3. The highest BCUT2D eigenvalue weighted by Gasteiger charge is 2.12. The number of amides is 3. The maximum Gasteiger partial charge on any atom is 0.265 e. The van der Waals surface area contributed by atoms with Crippen LogP contribution in [-0.4, -0.2) is 17.7 Å². The van der Waals surface area contributed by atoms with Crippen LogP contribution in [0.1, 0.15) is 30.4 Å². The van der Waals surface area contributed by atoms with Crippen molar-refractivity contribution in [2.75, 3.05) is 10.6 Å². The average Bonchev–Trinajstić information content (AvgIpc) is 3.17. The number of thiophene rings is 1. The molecule has 1 aromatic heterocycles. The number of nitrogens with two attached hydrogens (primary N) is 1. The number of carbonyl (C=O) groups excluding carboxylic acids is 3. The van der Waals surface area contributed by atoms with Crippen molar-refractivity contribution in [2.24, 2.45) is 5.73 Å². The first-order valence-corrected chi connectivity index (χ1v) is 8.67. The van der Waals surface area contributed by atoms with Crippen LogP contribution in [0, 0.1) is 5.82 Å². The average molecular weight is 383 g/mol. The summed E-state index contributed by atoms with van der Waals surface area (Å²) >= 11 is 1.33. The molecule has 0 saturated heterocycles. The molecule has 0 aliphatic heterocycles. The highest BCUT2D eigenvalue weighted by atomic mass is 32.1. The van der Waals surface area contributed by atoms with Crippen LogP contribution in [0.15, 0.2) is 60.0 Å². The second-order valence-corrected chi connectivity index (χ2v) is 6.47. The van der Waals surface area contributed by atoms with Crippen LogP contribution in [-0.2, 0) is 0 Å². The van der Waals surface area contributed by atoms with Crippen LogP contribution >= 0.6 is 11.3 Å². The summed E-state index contributed by atoms with van der Waals surface area (Å²) in [5.74, 6) is -2.39. The first-order valence-electron chi connectivity index (χ1n) is 7.79. The summed E-state index contributed by atoms with van der Waals surface area (Å²) in [5, 5.41) is 7.07. The second-order valence-electron chi connectivity index (χ2n) is 5.52. The van der Waals surface area contributed by atoms with Crippen molar-refractivity contribution in [1.82, 2.24) is 0 Å². The smallest absolute Gasteiger partial charge is 0.265 e. The zero-order chi connectivity index (χ0) is 19.4. The Balaban J connectivity index is 1.66. The molecule has 3 aromatic rings. The first-order chi connectivity index (χ1) is 12.9. The maximum absolute atomic E-state index is 13.8. The van der Waals surface area contributed by atoms with Gasteiger partial charge in [-0.2, -0.15) is 0 Å². The van der Waals surface area contributed by atoms with E-state index in [0.29, 0.717) is 16.1 Å². The summed E-state index contributed by atoms with van der Waals surface area (Å²) in [7, 11) is 0. The zero-order valence-electron chi connectivity index (χ0n) is 13.9. The number of anilines is 2. The zero-order valence-corrected chi connectivity index (χ0v) is 14.7. The third-order valence-electron chi connectivity index (χ3n) is 3.64. The summed E-state index contributed by atoms with van der Waals surface area (Å²) < 4.78 is 13.8. The van der Waals surface area contributed by atoms with E-state index in [-0.39, 0.29) is 17.2 Å². The van der Waals surface area contributed by atoms with Crippen molar-refractivity contribution in [3.8, 4) is 0 Å². The lowest BCUT2D eigenvalue weighted by Gasteiger charge is -2.08. The molecule has 0 radical (unpaired) electrons. The molecule has 0 bridgehead atoms. The Bertz CT molecular complexity index is 1000. The predicted molar refractivity (Wildman–Crippen MR) is 102 cm³/mol. The summed E-state index contributed by atoms with van der Waals surface area (Å²) in [6.45, 7) is 0. The van der Waals surface area contributed by atoms with Gasteiger partial charge in [-0.3, -0.25) is 14.4 Å². The fourth-order valence-corrected chi connectivity index (χ4v) is 2.92. The number of primary amides is 1. The molecule has 0 aliphatic carbocycles. The molecule has 1 heterocycles. The fraction of sp³-hybridized carbons (Fsp3) is 0. The van der Waals surface area contributed by atoms with Crippen LogP contribution in [0.4, 0.5) is 15.8 Å². The van der Waals surface area contributed by atoms with Gasteiger partial charge in [0.25, 0.3) is 17.7 Å². The van der Waals surface area contributed by atoms with Gasteiger partial charge in [0.15, 0.2) is 0 Å². The monoisotopic (exact) mass is 383 g/mol. The Morgan fingerprint density at radius 2 is 1.56 bits per heavy atom. The molecule has 3 rings (SSSR count). The van der Waals surface area contributed by atoms with Crippen LogP contribution in [0.3, 0.4) is 0 Å². The molecule has 4 N–H and O–H groups in total. The Morgan fingerprint density at radius 3 is 2.15 bits per heavy atom. The summed E-state index contributed by atoms with van der Waals surface area (Å²) in [5.41, 5.74) is 5.85. The predicted octanol–water partition coefficient (Wildman–Crippen LogP) is 3.49. The van der Waals surface area contributed by atoms with Crippen LogP contribution < -0.4 is 16.4 Å². The number of hydrogen-bond donors (Lipinski definition) is 3. The van der Waals surface area contributed by atoms with Gasteiger partial charge in [0.05, 0.1) is 10.4 Å². The van der Waals surface area contributed by atoms with Crippen molar-refractivity contribution in [3.05, 3.63) is 81.8 Å². The molecule has 0 fully saturated rings. The standard InChI is InChI=1S/C19H14FN3O3S/c20-15-10-13(7-8-14(15)17(21)24)23-18(25)11-3-5-12(6-4-11)22-19(26)16-2-1-9-27-16/h1-10H,(H2,21,24)(H,22,26)(H,23,25). The topological polar surface area (TPSA) is 101 Å². The normalized spacial score (nSPS) is 10.3. The van der Waals surface area contributed by atoms with E-state index in [1.807, 2.05) is 0 Å². The molecular formula is C19H14FN3O3S. The maximum atomic E-state index is 13.8. The van der Waals surface area contributed by atoms with Crippen molar-refractivity contribution in [1.29, 1.82) is 0 Å². The number of hydrogen-bond acceptors (Lipinski definition) is 4. The Labute approximate surface area is 157 Å². The van der Waals surface area contributed by atoms with E-state index in [4.69, 9.17) is 5.73 Å². The van der Waals surface area contributed by atoms with Gasteiger partial charge in [0.1, 0.15) is 5.82 Å². The van der Waals surface area contributed by atoms with Gasteiger partial charge in [0.2, 0.25) is 0 Å². The van der Waals surface area contributed by atoms with Crippen molar-refractivity contribution < 1.29 is 18.8 Å². The molecule has 0 atom stereocenters. The molecule has 0 unspecified atom stereocenters. The third kappa shape index (κ3) is 4.36. The highest BCUT2D eigenvalue weighted by molar-refractivity contribution is 7.12. The molecule has 0 aliphatic rings. The molecular weight excluding hydrogens is 369 g/mol. The van der Waals surface area contributed by atoms with E-state index in [0.717, 1.165) is 6.07 Å². The number of benzene rings is 2. The summed E-state index contributed by atoms with van der Waals surface area (Å²) in [6, 6.07) is 13.4. The SMILES string of the molecule is NC(=O)c1ccc(NC(=O)c2ccc(NC(=O)c3cccs3)cc2)cc1F. The Hall–Kier alpha value is -3.52. The molecule has 6 nitrogen and oxygen atoms in total. The quantitative estimate of drug-likeness (QED) is 0.628. The minimum Gasteiger partial charge on any atom is -0.366 e. The van der Waals surface area contributed by atoms with Crippen LogP contribution in [0.2, 0.25) is 0 Å². The van der Waals surface area contributed by atoms with Crippen LogP contribution in [0.25, 0.3) is 0 Å². The van der Waals surface area contributed by atoms with Gasteiger partial charge in [-0.15, -0.1) is 11.3 Å². The molecule has 8 heteroatoms. The lowest BCUT2D eigenvalue weighted by atomic mass is 10.1. The summed E-state index contributed by atoms with van der Waals surface area (Å²) in [4.78, 5) is 35.9. The lowest BCUT2D eigenvalue weighted by Crippen LogP contribution is -2.15. The third-order valence-corrected chi connectivity index (χ3v) is 4.51. The van der Waals surface area contributed by atoms with Gasteiger partial charge in [-0.25, -0.2) is 4.39 Å². The minimum atomic E-state index is -0.884. The Kier molecular flexibility index (Phi) is 5.28. The highest BCUT2D eigenvalue weighted by Crippen LogP contribution is 2.17. The fourth-order valence-electron chi connectivity index (χ4n) is 2.30. The van der Waals surface area contributed by atoms with Crippen LogP contribution in [0.5, 0.6) is 0 Å².